The minimum Gasteiger partial charge on any atom is -0.462 e. The summed E-state index contributed by atoms with van der Waals surface area (Å²) in [6.07, 6.45) is 3.85. The number of urea groups is 1. The van der Waals surface area contributed by atoms with Gasteiger partial charge in [0.2, 0.25) is 5.79 Å². The molecule has 0 unspecified atom stereocenters. The number of rotatable bonds is 3. The van der Waals surface area contributed by atoms with E-state index in [4.69, 9.17) is 14.3 Å². The van der Waals surface area contributed by atoms with Gasteiger partial charge >= 0.3 is 6.03 Å². The van der Waals surface area contributed by atoms with Gasteiger partial charge in [0.1, 0.15) is 5.75 Å². The summed E-state index contributed by atoms with van der Waals surface area (Å²) in [5.74, 6) is 0.165. The number of likely N-dealkylation sites (tertiary alicyclic amines) is 1. The molecule has 172 valence electrons. The predicted octanol–water partition coefficient (Wildman–Crippen LogP) is 4.61. The number of fused-ring (bicyclic) bond motifs is 2. The molecule has 0 radical (unpaired) electrons. The molecule has 33 heavy (non-hydrogen) atoms. The maximum atomic E-state index is 12.2. The zero-order valence-corrected chi connectivity index (χ0v) is 19.1. The number of carbonyl (C=O) groups is 1. The average molecular weight is 448 g/mol. The van der Waals surface area contributed by atoms with Gasteiger partial charge in [0.05, 0.1) is 18.7 Å². The van der Waals surface area contributed by atoms with Crippen molar-refractivity contribution >= 4 is 16.9 Å². The summed E-state index contributed by atoms with van der Waals surface area (Å²) in [4.78, 5) is 23.5. The number of aromatic nitrogens is 1. The minimum atomic E-state index is -0.696. The Morgan fingerprint density at radius 3 is 2.88 bits per heavy atom. The Morgan fingerprint density at radius 1 is 1.21 bits per heavy atom. The number of aryl methyl sites for hydroxylation is 1. The summed E-state index contributed by atoms with van der Waals surface area (Å²) >= 11 is 0. The van der Waals surface area contributed by atoms with Crippen LogP contribution in [0.2, 0.25) is 0 Å². The van der Waals surface area contributed by atoms with Gasteiger partial charge in [-0.2, -0.15) is 0 Å². The van der Waals surface area contributed by atoms with Crippen molar-refractivity contribution in [3.05, 3.63) is 59.8 Å². The second-order valence-electron chi connectivity index (χ2n) is 8.57. The number of benzene rings is 2. The number of carbonyl (C=O) groups excluding carboxylic acids is 1. The zero-order chi connectivity index (χ0) is 22.8. The first kappa shape index (κ1) is 21.7. The van der Waals surface area contributed by atoms with Gasteiger partial charge in [-0.15, -0.1) is 0 Å². The Balaban J connectivity index is 1.35. The van der Waals surface area contributed by atoms with Crippen molar-refractivity contribution in [2.75, 3.05) is 26.3 Å². The highest BCUT2D eigenvalue weighted by molar-refractivity contribution is 5.88. The average Bonchev–Trinajstić information content (AvgIpc) is 3.02. The van der Waals surface area contributed by atoms with Gasteiger partial charge in [-0.3, -0.25) is 9.82 Å². The Hall–Kier alpha value is -3.16. The normalized spacial score (nSPS) is 17.3. The summed E-state index contributed by atoms with van der Waals surface area (Å²) in [5, 5.41) is 1.15. The van der Waals surface area contributed by atoms with E-state index < -0.39 is 5.79 Å². The minimum absolute atomic E-state index is 0.217. The first-order valence-corrected chi connectivity index (χ1v) is 11.6. The van der Waals surface area contributed by atoms with Crippen molar-refractivity contribution < 1.29 is 19.1 Å². The predicted molar refractivity (Wildman–Crippen MR) is 126 cm³/mol. The molecule has 1 saturated heterocycles. The van der Waals surface area contributed by atoms with Crippen LogP contribution in [0.25, 0.3) is 22.0 Å². The van der Waals surface area contributed by atoms with Crippen molar-refractivity contribution in [1.29, 1.82) is 0 Å². The topological polar surface area (TPSA) is 72.9 Å². The highest BCUT2D eigenvalue weighted by Gasteiger charge is 2.40. The van der Waals surface area contributed by atoms with Crippen LogP contribution in [-0.4, -0.2) is 48.0 Å². The van der Waals surface area contributed by atoms with E-state index in [1.54, 1.807) is 4.90 Å². The Labute approximate surface area is 193 Å². The van der Waals surface area contributed by atoms with Crippen LogP contribution in [0.3, 0.4) is 0 Å². The smallest absolute Gasteiger partial charge is 0.341 e. The van der Waals surface area contributed by atoms with Crippen LogP contribution >= 0.6 is 0 Å². The molecule has 7 heteroatoms. The lowest BCUT2D eigenvalue weighted by Crippen LogP contribution is -2.53. The van der Waals surface area contributed by atoms with E-state index in [1.807, 2.05) is 19.2 Å². The second kappa shape index (κ2) is 9.00. The van der Waals surface area contributed by atoms with Crippen LogP contribution < -0.4 is 10.2 Å². The summed E-state index contributed by atoms with van der Waals surface area (Å²) in [6, 6.07) is 14.5. The summed E-state index contributed by atoms with van der Waals surface area (Å²) in [7, 11) is 0. The van der Waals surface area contributed by atoms with Gasteiger partial charge in [-0.1, -0.05) is 24.3 Å². The third-order valence-corrected chi connectivity index (χ3v) is 6.55. The van der Waals surface area contributed by atoms with Gasteiger partial charge < -0.3 is 14.4 Å². The molecule has 1 N–H and O–H groups in total. The molecule has 5 rings (SSSR count). The molecule has 1 fully saturated rings. The number of hydrogen-bond acceptors (Lipinski definition) is 5. The van der Waals surface area contributed by atoms with E-state index in [0.29, 0.717) is 39.1 Å². The van der Waals surface area contributed by atoms with E-state index in [-0.39, 0.29) is 6.03 Å². The maximum Gasteiger partial charge on any atom is 0.341 e. The molecule has 2 aromatic carbocycles. The zero-order valence-electron chi connectivity index (χ0n) is 19.1. The van der Waals surface area contributed by atoms with E-state index in [2.05, 4.69) is 53.8 Å². The lowest BCUT2D eigenvalue weighted by Gasteiger charge is -2.40. The van der Waals surface area contributed by atoms with Gasteiger partial charge in [0, 0.05) is 37.5 Å². The summed E-state index contributed by atoms with van der Waals surface area (Å²) in [5.41, 5.74) is 8.14. The first-order chi connectivity index (χ1) is 16.1. The number of ether oxygens (including phenoxy) is 2. The van der Waals surface area contributed by atoms with Gasteiger partial charge in [-0.25, -0.2) is 10.3 Å². The molecule has 0 atom stereocenters. The van der Waals surface area contributed by atoms with Crippen LogP contribution in [0, 0.1) is 6.92 Å². The molecule has 3 heterocycles. The second-order valence-corrected chi connectivity index (χ2v) is 8.57. The fraction of sp³-hybridized carbons (Fsp3) is 0.385. The van der Waals surface area contributed by atoms with Crippen molar-refractivity contribution in [2.24, 2.45) is 0 Å². The molecule has 1 aromatic heterocycles. The Morgan fingerprint density at radius 2 is 2.06 bits per heavy atom. The maximum absolute atomic E-state index is 12.2. The van der Waals surface area contributed by atoms with E-state index in [9.17, 15) is 4.79 Å². The third kappa shape index (κ3) is 4.26. The lowest BCUT2D eigenvalue weighted by molar-refractivity contribution is -0.199. The lowest BCUT2D eigenvalue weighted by atomic mass is 9.95. The van der Waals surface area contributed by atoms with E-state index in [1.165, 1.54) is 11.1 Å². The monoisotopic (exact) mass is 447 g/mol. The molecule has 2 amide bonds. The van der Waals surface area contributed by atoms with Crippen molar-refractivity contribution in [3.8, 4) is 16.9 Å². The summed E-state index contributed by atoms with van der Waals surface area (Å²) in [6.45, 7) is 6.08. The fourth-order valence-corrected chi connectivity index (χ4v) is 4.72. The van der Waals surface area contributed by atoms with Gasteiger partial charge in [-0.05, 0) is 60.7 Å². The Kier molecular flexibility index (Phi) is 5.91. The third-order valence-electron chi connectivity index (χ3n) is 6.55. The van der Waals surface area contributed by atoms with Crippen LogP contribution in [0.5, 0.6) is 5.75 Å². The highest BCUT2D eigenvalue weighted by Crippen LogP contribution is 2.38. The SMILES string of the molecule is CCONC(=O)N1CCC2(CC1)OCCc1cc(-c3ccc4cccnc4c3C)ccc1O2. The molecule has 2 aliphatic heterocycles. The number of pyridine rings is 1. The van der Waals surface area contributed by atoms with Crippen LogP contribution in [0.15, 0.2) is 48.7 Å². The van der Waals surface area contributed by atoms with Gasteiger partial charge in [0.25, 0.3) is 0 Å². The Bertz CT molecular complexity index is 1170. The molecule has 0 bridgehead atoms. The quantitative estimate of drug-likeness (QED) is 0.594. The molecular formula is C26H29N3O4. The van der Waals surface area contributed by atoms with Crippen LogP contribution in [-0.2, 0) is 16.0 Å². The molecule has 1 spiro atoms. The van der Waals surface area contributed by atoms with E-state index >= 15 is 0 Å². The highest BCUT2D eigenvalue weighted by atomic mass is 16.7. The molecule has 2 aliphatic rings. The number of nitrogens with zero attached hydrogens (tertiary/aromatic N) is 2. The van der Waals surface area contributed by atoms with E-state index in [0.717, 1.165) is 34.2 Å². The number of amides is 2. The molecule has 0 saturated carbocycles. The molecule has 0 aliphatic carbocycles. The van der Waals surface area contributed by atoms with Crippen LogP contribution in [0.1, 0.15) is 30.9 Å². The number of nitrogens with one attached hydrogen (secondary N) is 1. The van der Waals surface area contributed by atoms with Gasteiger partial charge in [0.15, 0.2) is 0 Å². The molecule has 7 nitrogen and oxygen atoms in total. The standard InChI is InChI=1S/C26H29N3O4/c1-3-32-28-25(30)29-14-11-26(12-15-29)31-16-10-21-17-20(7-9-23(21)33-26)22-8-6-19-5-4-13-27-24(19)18(22)2/h4-9,13,17H,3,10-12,14-16H2,1-2H3,(H,28,30). The number of hydroxylamine groups is 1. The fourth-order valence-electron chi connectivity index (χ4n) is 4.72. The molecular weight excluding hydrogens is 418 g/mol. The van der Waals surface area contributed by atoms with Crippen molar-refractivity contribution in [1.82, 2.24) is 15.4 Å². The summed E-state index contributed by atoms with van der Waals surface area (Å²) < 4.78 is 12.7. The largest absolute Gasteiger partial charge is 0.462 e. The van der Waals surface area contributed by atoms with Crippen molar-refractivity contribution in [3.63, 3.8) is 0 Å². The van der Waals surface area contributed by atoms with Crippen molar-refractivity contribution in [2.45, 2.75) is 38.9 Å². The number of hydrogen-bond donors (Lipinski definition) is 1. The number of piperidine rings is 1. The first-order valence-electron chi connectivity index (χ1n) is 11.6. The van der Waals surface area contributed by atoms with Crippen LogP contribution in [0.4, 0.5) is 4.79 Å². The molecule has 3 aromatic rings.